The van der Waals surface area contributed by atoms with Crippen molar-refractivity contribution in [1.29, 1.82) is 0 Å². The van der Waals surface area contributed by atoms with Gasteiger partial charge in [-0.15, -0.1) is 10.2 Å². The van der Waals surface area contributed by atoms with Crippen LogP contribution in [0, 0.1) is 6.92 Å². The quantitative estimate of drug-likeness (QED) is 0.176. The highest BCUT2D eigenvalue weighted by Gasteiger charge is 2.29. The summed E-state index contributed by atoms with van der Waals surface area (Å²) in [7, 11) is 4.62. The van der Waals surface area contributed by atoms with Crippen molar-refractivity contribution >= 4 is 11.6 Å². The number of aryl methyl sites for hydroxylation is 2. The number of unbranched alkanes of at least 4 members (excludes halogenated alkanes) is 9. The van der Waals surface area contributed by atoms with E-state index in [2.05, 4.69) is 27.7 Å². The van der Waals surface area contributed by atoms with E-state index in [9.17, 15) is 4.79 Å². The van der Waals surface area contributed by atoms with Gasteiger partial charge in [-0.3, -0.25) is 4.79 Å². The molecule has 1 N–H and O–H groups in total. The van der Waals surface area contributed by atoms with Crippen LogP contribution in [-0.4, -0.2) is 47.4 Å². The van der Waals surface area contributed by atoms with Gasteiger partial charge in [0.05, 0.1) is 27.9 Å². The van der Waals surface area contributed by atoms with Crippen LogP contribution in [0.25, 0.3) is 0 Å². The molecule has 1 atom stereocenters. The number of amides is 1. The van der Waals surface area contributed by atoms with Crippen molar-refractivity contribution in [2.45, 2.75) is 90.5 Å². The second kappa shape index (κ2) is 16.5. The molecule has 0 aliphatic rings. The standard InChI is InChI=1S/C31H45N5O4/c1-6-7-8-9-10-11-12-13-14-15-20-36-34-30(33-35-36)28(24-18-16-23(2)17-19-24)31(37)32-29-26(39-4)21-25(38-3)22-27(29)40-5/h16-19,21-22,28H,6-15,20H2,1-5H3,(H,32,37). The van der Waals surface area contributed by atoms with E-state index in [0.717, 1.165) is 24.0 Å². The summed E-state index contributed by atoms with van der Waals surface area (Å²) in [5, 5.41) is 16.1. The monoisotopic (exact) mass is 551 g/mol. The Morgan fingerprint density at radius 1 is 0.850 bits per heavy atom. The van der Waals surface area contributed by atoms with E-state index in [4.69, 9.17) is 14.2 Å². The van der Waals surface area contributed by atoms with Crippen molar-refractivity contribution in [2.75, 3.05) is 26.6 Å². The summed E-state index contributed by atoms with van der Waals surface area (Å²) in [5.41, 5.74) is 2.28. The lowest BCUT2D eigenvalue weighted by molar-refractivity contribution is -0.116. The maximum absolute atomic E-state index is 13.8. The summed E-state index contributed by atoms with van der Waals surface area (Å²) in [5.74, 6) is 0.662. The number of benzene rings is 2. The number of methoxy groups -OCH3 is 3. The molecule has 0 aliphatic heterocycles. The Morgan fingerprint density at radius 3 is 1.98 bits per heavy atom. The first-order chi connectivity index (χ1) is 19.5. The first-order valence-electron chi connectivity index (χ1n) is 14.5. The molecule has 9 nitrogen and oxygen atoms in total. The molecular weight excluding hydrogens is 506 g/mol. The third-order valence-electron chi connectivity index (χ3n) is 7.07. The van der Waals surface area contributed by atoms with Gasteiger partial charge in [-0.1, -0.05) is 94.5 Å². The van der Waals surface area contributed by atoms with Gasteiger partial charge in [-0.2, -0.15) is 4.80 Å². The number of carbonyl (C=O) groups excluding carboxylic acids is 1. The lowest BCUT2D eigenvalue weighted by atomic mass is 9.96. The summed E-state index contributed by atoms with van der Waals surface area (Å²) < 4.78 is 16.4. The minimum absolute atomic E-state index is 0.316. The largest absolute Gasteiger partial charge is 0.496 e. The molecule has 0 saturated carbocycles. The van der Waals surface area contributed by atoms with E-state index >= 15 is 0 Å². The minimum Gasteiger partial charge on any atom is -0.496 e. The van der Waals surface area contributed by atoms with Crippen LogP contribution in [0.5, 0.6) is 17.2 Å². The van der Waals surface area contributed by atoms with E-state index in [1.54, 1.807) is 24.0 Å². The molecule has 3 rings (SSSR count). The summed E-state index contributed by atoms with van der Waals surface area (Å²) in [6, 6.07) is 11.2. The fourth-order valence-corrected chi connectivity index (χ4v) is 4.71. The second-order valence-electron chi connectivity index (χ2n) is 10.2. The Morgan fingerprint density at radius 2 is 1.43 bits per heavy atom. The third-order valence-corrected chi connectivity index (χ3v) is 7.07. The molecule has 0 radical (unpaired) electrons. The Kier molecular flexibility index (Phi) is 12.7. The first kappa shape index (κ1) is 30.9. The number of rotatable bonds is 18. The van der Waals surface area contributed by atoms with Gasteiger partial charge in [-0.05, 0) is 24.1 Å². The molecule has 0 fully saturated rings. The number of carbonyl (C=O) groups is 1. The number of nitrogens with zero attached hydrogens (tertiary/aromatic N) is 4. The third kappa shape index (κ3) is 8.96. The Labute approximate surface area is 238 Å². The van der Waals surface area contributed by atoms with Crippen LogP contribution < -0.4 is 19.5 Å². The normalized spacial score (nSPS) is 11.7. The Balaban J connectivity index is 1.68. The molecule has 2 aromatic carbocycles. The van der Waals surface area contributed by atoms with E-state index in [-0.39, 0.29) is 5.91 Å². The van der Waals surface area contributed by atoms with Crippen LogP contribution in [0.4, 0.5) is 5.69 Å². The highest BCUT2D eigenvalue weighted by atomic mass is 16.5. The van der Waals surface area contributed by atoms with Crippen LogP contribution in [0.3, 0.4) is 0 Å². The van der Waals surface area contributed by atoms with Gasteiger partial charge < -0.3 is 19.5 Å². The fourth-order valence-electron chi connectivity index (χ4n) is 4.71. The predicted octanol–water partition coefficient (Wildman–Crippen LogP) is 6.70. The zero-order valence-corrected chi connectivity index (χ0v) is 24.7. The SMILES string of the molecule is CCCCCCCCCCCCn1nnc(C(C(=O)Nc2c(OC)cc(OC)cc2OC)c2ccc(C)cc2)n1. The molecule has 0 saturated heterocycles. The number of anilines is 1. The molecule has 0 aliphatic carbocycles. The molecular formula is C31H45N5O4. The molecule has 1 unspecified atom stereocenters. The van der Waals surface area contributed by atoms with Crippen LogP contribution >= 0.6 is 0 Å². The molecule has 1 amide bonds. The first-order valence-corrected chi connectivity index (χ1v) is 14.5. The molecule has 9 heteroatoms. The van der Waals surface area contributed by atoms with Crippen LogP contribution in [0.15, 0.2) is 36.4 Å². The molecule has 40 heavy (non-hydrogen) atoms. The molecule has 218 valence electrons. The van der Waals surface area contributed by atoms with Crippen molar-refractivity contribution in [3.05, 3.63) is 53.3 Å². The minimum atomic E-state index is -0.765. The average molecular weight is 552 g/mol. The van der Waals surface area contributed by atoms with Gasteiger partial charge in [0, 0.05) is 12.1 Å². The number of hydrogen-bond acceptors (Lipinski definition) is 7. The Hall–Kier alpha value is -3.62. The lowest BCUT2D eigenvalue weighted by Gasteiger charge is -2.19. The van der Waals surface area contributed by atoms with Gasteiger partial charge in [0.2, 0.25) is 5.91 Å². The van der Waals surface area contributed by atoms with E-state index in [0.29, 0.717) is 35.3 Å². The number of ether oxygens (including phenoxy) is 3. The van der Waals surface area contributed by atoms with Crippen LogP contribution in [0.1, 0.15) is 94.0 Å². The van der Waals surface area contributed by atoms with Crippen LogP contribution in [-0.2, 0) is 11.3 Å². The maximum atomic E-state index is 13.8. The number of nitrogens with one attached hydrogen (secondary N) is 1. The van der Waals surface area contributed by atoms with E-state index < -0.39 is 5.92 Å². The maximum Gasteiger partial charge on any atom is 0.240 e. The van der Waals surface area contributed by atoms with Crippen molar-refractivity contribution in [1.82, 2.24) is 20.2 Å². The number of hydrogen-bond donors (Lipinski definition) is 1. The summed E-state index contributed by atoms with van der Waals surface area (Å²) in [6.45, 7) is 4.93. The van der Waals surface area contributed by atoms with Crippen molar-refractivity contribution in [3.8, 4) is 17.2 Å². The molecule has 3 aromatic rings. The predicted molar refractivity (Wildman–Crippen MR) is 157 cm³/mol. The van der Waals surface area contributed by atoms with Crippen molar-refractivity contribution in [2.24, 2.45) is 0 Å². The lowest BCUT2D eigenvalue weighted by Crippen LogP contribution is -2.24. The summed E-state index contributed by atoms with van der Waals surface area (Å²) >= 11 is 0. The summed E-state index contributed by atoms with van der Waals surface area (Å²) in [6.07, 6.45) is 12.6. The molecule has 0 bridgehead atoms. The molecule has 1 heterocycles. The van der Waals surface area contributed by atoms with Crippen molar-refractivity contribution in [3.63, 3.8) is 0 Å². The number of aromatic nitrogens is 4. The highest BCUT2D eigenvalue weighted by Crippen LogP contribution is 2.39. The average Bonchev–Trinajstić information content (AvgIpc) is 3.43. The Bertz CT molecular complexity index is 1150. The van der Waals surface area contributed by atoms with Gasteiger partial charge in [0.25, 0.3) is 0 Å². The fraction of sp³-hybridized carbons (Fsp3) is 0.548. The molecule has 0 spiro atoms. The topological polar surface area (TPSA) is 100 Å². The van der Waals surface area contributed by atoms with Gasteiger partial charge >= 0.3 is 0 Å². The van der Waals surface area contributed by atoms with Crippen LogP contribution in [0.2, 0.25) is 0 Å². The zero-order chi connectivity index (χ0) is 28.7. The molecule has 1 aromatic heterocycles. The van der Waals surface area contributed by atoms with Gasteiger partial charge in [0.1, 0.15) is 28.9 Å². The second-order valence-corrected chi connectivity index (χ2v) is 10.2. The highest BCUT2D eigenvalue weighted by molar-refractivity contribution is 6.00. The zero-order valence-electron chi connectivity index (χ0n) is 24.7. The van der Waals surface area contributed by atoms with Gasteiger partial charge in [0.15, 0.2) is 5.82 Å². The van der Waals surface area contributed by atoms with Crippen molar-refractivity contribution < 1.29 is 19.0 Å². The van der Waals surface area contributed by atoms with Gasteiger partial charge in [-0.25, -0.2) is 0 Å². The van der Waals surface area contributed by atoms with E-state index in [1.807, 2.05) is 31.2 Å². The number of tetrazole rings is 1. The smallest absolute Gasteiger partial charge is 0.240 e. The summed E-state index contributed by atoms with van der Waals surface area (Å²) in [4.78, 5) is 15.4. The van der Waals surface area contributed by atoms with E-state index in [1.165, 1.54) is 65.6 Å².